The number of thiazole rings is 1. The Morgan fingerprint density at radius 2 is 2.50 bits per heavy atom. The molecule has 1 aromatic heterocycles. The van der Waals surface area contributed by atoms with Crippen molar-refractivity contribution >= 4 is 34.8 Å². The van der Waals surface area contributed by atoms with Crippen molar-refractivity contribution < 1.29 is 9.90 Å². The van der Waals surface area contributed by atoms with Gasteiger partial charge in [-0.3, -0.25) is 0 Å². The zero-order valence-electron chi connectivity index (χ0n) is 7.42. The van der Waals surface area contributed by atoms with Crippen LogP contribution in [-0.2, 0) is 4.79 Å². The molecule has 2 heterocycles. The summed E-state index contributed by atoms with van der Waals surface area (Å²) in [5, 5.41) is 11.6. The fourth-order valence-corrected chi connectivity index (χ4v) is 2.33. The Morgan fingerprint density at radius 3 is 3.07 bits per heavy atom. The average molecular weight is 235 g/mol. The molecule has 1 aliphatic heterocycles. The van der Waals surface area contributed by atoms with E-state index in [1.54, 1.807) is 6.20 Å². The van der Waals surface area contributed by atoms with Crippen LogP contribution in [0.25, 0.3) is 0 Å². The van der Waals surface area contributed by atoms with E-state index in [1.165, 1.54) is 11.3 Å². The summed E-state index contributed by atoms with van der Waals surface area (Å²) in [7, 11) is 0. The van der Waals surface area contributed by atoms with Gasteiger partial charge in [-0.05, 0) is 12.8 Å². The van der Waals surface area contributed by atoms with Gasteiger partial charge in [-0.1, -0.05) is 0 Å². The Hall–Kier alpha value is -0.810. The minimum Gasteiger partial charge on any atom is -0.480 e. The average Bonchev–Trinajstić information content (AvgIpc) is 2.74. The van der Waals surface area contributed by atoms with E-state index in [1.807, 2.05) is 10.3 Å². The summed E-state index contributed by atoms with van der Waals surface area (Å²) in [6, 6.07) is -0.369. The quantitative estimate of drug-likeness (QED) is 0.845. The molecule has 0 bridgehead atoms. The van der Waals surface area contributed by atoms with E-state index >= 15 is 0 Å². The molecule has 14 heavy (non-hydrogen) atoms. The van der Waals surface area contributed by atoms with E-state index in [-0.39, 0.29) is 18.4 Å². The summed E-state index contributed by atoms with van der Waals surface area (Å²) in [6.07, 6.45) is 3.38. The van der Waals surface area contributed by atoms with Crippen molar-refractivity contribution in [3.8, 4) is 0 Å². The van der Waals surface area contributed by atoms with Gasteiger partial charge in [0, 0.05) is 18.1 Å². The summed E-state index contributed by atoms with van der Waals surface area (Å²) in [4.78, 5) is 16.8. The van der Waals surface area contributed by atoms with Crippen molar-refractivity contribution in [1.29, 1.82) is 0 Å². The molecule has 6 heteroatoms. The topological polar surface area (TPSA) is 53.4 Å². The van der Waals surface area contributed by atoms with Gasteiger partial charge in [-0.25, -0.2) is 9.78 Å². The van der Waals surface area contributed by atoms with E-state index in [2.05, 4.69) is 4.98 Å². The normalized spacial score (nSPS) is 20.6. The smallest absolute Gasteiger partial charge is 0.326 e. The Bertz CT molecular complexity index is 304. The highest BCUT2D eigenvalue weighted by Crippen LogP contribution is 2.26. The zero-order chi connectivity index (χ0) is 9.26. The third-order valence-electron chi connectivity index (χ3n) is 2.20. The molecule has 1 unspecified atom stereocenters. The van der Waals surface area contributed by atoms with Crippen LogP contribution in [-0.4, -0.2) is 28.6 Å². The molecule has 1 saturated heterocycles. The molecular weight excluding hydrogens is 224 g/mol. The minimum atomic E-state index is -0.743. The third kappa shape index (κ3) is 1.99. The molecule has 0 amide bonds. The van der Waals surface area contributed by atoms with Crippen LogP contribution in [0.3, 0.4) is 0 Å². The van der Waals surface area contributed by atoms with Crippen LogP contribution in [0.1, 0.15) is 12.8 Å². The van der Waals surface area contributed by atoms with Crippen LogP contribution in [0.4, 0.5) is 5.13 Å². The Balaban J connectivity index is 0.000000980. The van der Waals surface area contributed by atoms with E-state index in [4.69, 9.17) is 5.11 Å². The van der Waals surface area contributed by atoms with Gasteiger partial charge in [0.2, 0.25) is 0 Å². The Kier molecular flexibility index (Phi) is 3.71. The Morgan fingerprint density at radius 1 is 1.71 bits per heavy atom. The van der Waals surface area contributed by atoms with Crippen LogP contribution in [0.15, 0.2) is 11.6 Å². The lowest BCUT2D eigenvalue weighted by molar-refractivity contribution is -0.138. The van der Waals surface area contributed by atoms with Crippen molar-refractivity contribution in [3.63, 3.8) is 0 Å². The van der Waals surface area contributed by atoms with Crippen molar-refractivity contribution in [3.05, 3.63) is 11.6 Å². The first-order valence-electron chi connectivity index (χ1n) is 4.18. The van der Waals surface area contributed by atoms with Gasteiger partial charge in [0.15, 0.2) is 5.13 Å². The lowest BCUT2D eigenvalue weighted by Gasteiger charge is -2.19. The number of aromatic nitrogens is 1. The van der Waals surface area contributed by atoms with E-state index < -0.39 is 5.97 Å². The van der Waals surface area contributed by atoms with Gasteiger partial charge in [0.05, 0.1) is 0 Å². The molecule has 0 aromatic carbocycles. The van der Waals surface area contributed by atoms with Gasteiger partial charge in [0.1, 0.15) is 6.04 Å². The highest BCUT2D eigenvalue weighted by Gasteiger charge is 2.31. The van der Waals surface area contributed by atoms with Crippen LogP contribution >= 0.6 is 23.7 Å². The molecule has 4 nitrogen and oxygen atoms in total. The largest absolute Gasteiger partial charge is 0.480 e. The first kappa shape index (κ1) is 11.3. The number of nitrogens with zero attached hydrogens (tertiary/aromatic N) is 2. The number of halogens is 1. The molecule has 1 aromatic rings. The van der Waals surface area contributed by atoms with Gasteiger partial charge in [0.25, 0.3) is 0 Å². The van der Waals surface area contributed by atoms with Crippen molar-refractivity contribution in [2.45, 2.75) is 18.9 Å². The number of rotatable bonds is 2. The summed E-state index contributed by atoms with van der Waals surface area (Å²) >= 11 is 1.49. The molecule has 1 aliphatic rings. The van der Waals surface area contributed by atoms with Gasteiger partial charge >= 0.3 is 5.97 Å². The predicted molar refractivity (Wildman–Crippen MR) is 57.4 cm³/mol. The number of anilines is 1. The Labute approximate surface area is 92.0 Å². The maximum atomic E-state index is 10.8. The molecule has 1 fully saturated rings. The molecule has 1 N–H and O–H groups in total. The van der Waals surface area contributed by atoms with Crippen molar-refractivity contribution in [2.24, 2.45) is 0 Å². The first-order chi connectivity index (χ1) is 6.29. The fourth-order valence-electron chi connectivity index (χ4n) is 1.61. The summed E-state index contributed by atoms with van der Waals surface area (Å²) in [5.74, 6) is -0.743. The second kappa shape index (κ2) is 4.61. The predicted octanol–water partition coefficient (Wildman–Crippen LogP) is 1.62. The number of carboxylic acid groups (broad SMARTS) is 1. The summed E-state index contributed by atoms with van der Waals surface area (Å²) in [6.45, 7) is 0.810. The molecule has 2 rings (SSSR count). The number of carbonyl (C=O) groups is 1. The molecular formula is C8H11ClN2O2S. The van der Waals surface area contributed by atoms with Crippen molar-refractivity contribution in [2.75, 3.05) is 11.4 Å². The van der Waals surface area contributed by atoms with Crippen LogP contribution < -0.4 is 4.90 Å². The second-order valence-electron chi connectivity index (χ2n) is 3.00. The number of hydrogen-bond acceptors (Lipinski definition) is 4. The molecule has 0 radical (unpaired) electrons. The molecule has 0 spiro atoms. The van der Waals surface area contributed by atoms with E-state index in [9.17, 15) is 4.79 Å². The van der Waals surface area contributed by atoms with Crippen LogP contribution in [0.2, 0.25) is 0 Å². The second-order valence-corrected chi connectivity index (χ2v) is 3.88. The van der Waals surface area contributed by atoms with Gasteiger partial charge < -0.3 is 10.0 Å². The number of hydrogen-bond donors (Lipinski definition) is 1. The summed E-state index contributed by atoms with van der Waals surface area (Å²) in [5.41, 5.74) is 0. The van der Waals surface area contributed by atoms with Crippen molar-refractivity contribution in [1.82, 2.24) is 4.98 Å². The first-order valence-corrected chi connectivity index (χ1v) is 5.06. The lowest BCUT2D eigenvalue weighted by Crippen LogP contribution is -2.35. The molecule has 0 saturated carbocycles. The van der Waals surface area contributed by atoms with Crippen LogP contribution in [0.5, 0.6) is 0 Å². The standard InChI is InChI=1S/C8H10N2O2S.ClH/c11-7(12)6-2-1-4-10(6)8-9-3-5-13-8;/h3,5-6H,1-2,4H2,(H,11,12);1H. The zero-order valence-corrected chi connectivity index (χ0v) is 9.05. The molecule has 0 aliphatic carbocycles. The highest BCUT2D eigenvalue weighted by molar-refractivity contribution is 7.13. The number of aliphatic carboxylic acids is 1. The third-order valence-corrected chi connectivity index (χ3v) is 3.01. The molecule has 78 valence electrons. The van der Waals surface area contributed by atoms with Gasteiger partial charge in [-0.15, -0.1) is 23.7 Å². The van der Waals surface area contributed by atoms with Crippen LogP contribution in [0, 0.1) is 0 Å². The minimum absolute atomic E-state index is 0. The lowest BCUT2D eigenvalue weighted by atomic mass is 10.2. The van der Waals surface area contributed by atoms with E-state index in [0.717, 1.165) is 24.5 Å². The molecule has 1 atom stereocenters. The van der Waals surface area contributed by atoms with E-state index in [0.29, 0.717) is 0 Å². The monoisotopic (exact) mass is 234 g/mol. The van der Waals surface area contributed by atoms with Gasteiger partial charge in [-0.2, -0.15) is 0 Å². The SMILES string of the molecule is Cl.O=C(O)C1CCCN1c1nccs1. The highest BCUT2D eigenvalue weighted by atomic mass is 35.5. The maximum absolute atomic E-state index is 10.8. The summed E-state index contributed by atoms with van der Waals surface area (Å²) < 4.78 is 0. The fraction of sp³-hybridized carbons (Fsp3) is 0.500. The number of carboxylic acids is 1. The maximum Gasteiger partial charge on any atom is 0.326 e.